The maximum atomic E-state index is 6.30. The van der Waals surface area contributed by atoms with E-state index >= 15 is 0 Å². The highest BCUT2D eigenvalue weighted by atomic mass is 35.5. The predicted molar refractivity (Wildman–Crippen MR) is 93.6 cm³/mol. The molecule has 0 atom stereocenters. The second kappa shape index (κ2) is 7.18. The first-order chi connectivity index (χ1) is 11.1. The molecule has 0 aliphatic carbocycles. The van der Waals surface area contributed by atoms with Crippen LogP contribution in [-0.2, 0) is 13.1 Å². The van der Waals surface area contributed by atoms with Crippen molar-refractivity contribution in [1.82, 2.24) is 9.88 Å². The largest absolute Gasteiger partial charge is 0.468 e. The molecule has 23 heavy (non-hydrogen) atoms. The predicted octanol–water partition coefficient (Wildman–Crippen LogP) is 5.28. The smallest absolute Gasteiger partial charge is 0.117 e. The van der Waals surface area contributed by atoms with Crippen LogP contribution in [0.5, 0.6) is 0 Å². The van der Waals surface area contributed by atoms with Crippen LogP contribution in [0.4, 0.5) is 0 Å². The third kappa shape index (κ3) is 3.94. The van der Waals surface area contributed by atoms with E-state index in [1.54, 1.807) is 18.5 Å². The van der Waals surface area contributed by atoms with Gasteiger partial charge in [-0.25, -0.2) is 0 Å². The summed E-state index contributed by atoms with van der Waals surface area (Å²) in [6.07, 6.45) is 5.35. The lowest BCUT2D eigenvalue weighted by atomic mass is 10.1. The van der Waals surface area contributed by atoms with Crippen LogP contribution in [-0.4, -0.2) is 16.9 Å². The molecule has 1 aromatic carbocycles. The van der Waals surface area contributed by atoms with Crippen LogP contribution >= 0.6 is 23.2 Å². The van der Waals surface area contributed by atoms with E-state index in [2.05, 4.69) is 16.0 Å². The lowest BCUT2D eigenvalue weighted by molar-refractivity contribution is 0.287. The van der Waals surface area contributed by atoms with E-state index in [4.69, 9.17) is 27.6 Å². The molecule has 2 heterocycles. The summed E-state index contributed by atoms with van der Waals surface area (Å²) < 4.78 is 5.37. The van der Waals surface area contributed by atoms with Gasteiger partial charge in [-0.2, -0.15) is 0 Å². The molecule has 0 unspecified atom stereocenters. The maximum Gasteiger partial charge on any atom is 0.117 e. The van der Waals surface area contributed by atoms with Gasteiger partial charge in [-0.3, -0.25) is 9.88 Å². The molecular weight excluding hydrogens is 331 g/mol. The number of hydrogen-bond donors (Lipinski definition) is 0. The fourth-order valence-electron chi connectivity index (χ4n) is 2.48. The number of benzene rings is 1. The molecule has 3 nitrogen and oxygen atoms in total. The highest BCUT2D eigenvalue weighted by Crippen LogP contribution is 2.33. The Morgan fingerprint density at radius 1 is 1.09 bits per heavy atom. The van der Waals surface area contributed by atoms with Gasteiger partial charge in [-0.1, -0.05) is 35.3 Å². The molecule has 3 aromatic rings. The number of aromatic nitrogens is 1. The first kappa shape index (κ1) is 16.1. The van der Waals surface area contributed by atoms with Crippen molar-refractivity contribution in [3.8, 4) is 11.1 Å². The van der Waals surface area contributed by atoms with Gasteiger partial charge in [0.2, 0.25) is 0 Å². The molecule has 0 spiro atoms. The van der Waals surface area contributed by atoms with Gasteiger partial charge in [-0.15, -0.1) is 0 Å². The van der Waals surface area contributed by atoms with Gasteiger partial charge in [0, 0.05) is 30.1 Å². The zero-order valence-electron chi connectivity index (χ0n) is 12.7. The Kier molecular flexibility index (Phi) is 5.01. The molecule has 0 amide bonds. The van der Waals surface area contributed by atoms with E-state index in [0.717, 1.165) is 35.5 Å². The van der Waals surface area contributed by atoms with Crippen molar-refractivity contribution in [2.45, 2.75) is 13.1 Å². The molecule has 0 N–H and O–H groups in total. The molecule has 0 fully saturated rings. The number of hydrogen-bond acceptors (Lipinski definition) is 3. The molecule has 5 heteroatoms. The SMILES string of the molecule is CN(Cc1cncc(-c2cccc(Cl)c2Cl)c1)Cc1ccco1. The number of nitrogens with zero attached hydrogens (tertiary/aromatic N) is 2. The Labute approximate surface area is 145 Å². The van der Waals surface area contributed by atoms with Gasteiger partial charge in [0.15, 0.2) is 0 Å². The summed E-state index contributed by atoms with van der Waals surface area (Å²) in [4.78, 5) is 6.50. The first-order valence-electron chi connectivity index (χ1n) is 7.23. The van der Waals surface area contributed by atoms with E-state index in [-0.39, 0.29) is 0 Å². The molecule has 0 aliphatic heterocycles. The standard InChI is InChI=1S/C18H16Cl2N2O/c1-22(12-15-4-3-7-23-15)11-13-8-14(10-21-9-13)16-5-2-6-17(19)18(16)20/h2-10H,11-12H2,1H3. The second-order valence-corrected chi connectivity index (χ2v) is 6.22. The minimum Gasteiger partial charge on any atom is -0.468 e. The third-order valence-electron chi connectivity index (χ3n) is 3.52. The summed E-state index contributed by atoms with van der Waals surface area (Å²) in [5.41, 5.74) is 2.95. The number of furan rings is 1. The summed E-state index contributed by atoms with van der Waals surface area (Å²) >= 11 is 12.4. The van der Waals surface area contributed by atoms with Gasteiger partial charge in [0.05, 0.1) is 22.9 Å². The number of pyridine rings is 1. The number of halogens is 2. The summed E-state index contributed by atoms with van der Waals surface area (Å²) in [6, 6.07) is 11.6. The van der Waals surface area contributed by atoms with Crippen molar-refractivity contribution >= 4 is 23.2 Å². The van der Waals surface area contributed by atoms with Gasteiger partial charge in [-0.05, 0) is 36.9 Å². The Hall–Kier alpha value is -1.81. The highest BCUT2D eigenvalue weighted by Gasteiger charge is 2.09. The fraction of sp³-hybridized carbons (Fsp3) is 0.167. The molecule has 118 valence electrons. The highest BCUT2D eigenvalue weighted by molar-refractivity contribution is 6.43. The van der Waals surface area contributed by atoms with E-state index < -0.39 is 0 Å². The van der Waals surface area contributed by atoms with Crippen molar-refractivity contribution in [2.24, 2.45) is 0 Å². The topological polar surface area (TPSA) is 29.3 Å². The Morgan fingerprint density at radius 3 is 2.74 bits per heavy atom. The fourth-order valence-corrected chi connectivity index (χ4v) is 2.89. The summed E-state index contributed by atoms with van der Waals surface area (Å²) in [6.45, 7) is 1.51. The van der Waals surface area contributed by atoms with Crippen LogP contribution in [0.3, 0.4) is 0 Å². The van der Waals surface area contributed by atoms with E-state index in [9.17, 15) is 0 Å². The molecule has 2 aromatic heterocycles. The number of rotatable bonds is 5. The van der Waals surface area contributed by atoms with Gasteiger partial charge in [0.25, 0.3) is 0 Å². The molecule has 0 radical (unpaired) electrons. The zero-order valence-corrected chi connectivity index (χ0v) is 14.2. The van der Waals surface area contributed by atoms with Crippen LogP contribution in [0.25, 0.3) is 11.1 Å². The van der Waals surface area contributed by atoms with Crippen molar-refractivity contribution < 1.29 is 4.42 Å². The minimum absolute atomic E-state index is 0.546. The third-order valence-corrected chi connectivity index (χ3v) is 4.33. The summed E-state index contributed by atoms with van der Waals surface area (Å²) in [5.74, 6) is 0.939. The average molecular weight is 347 g/mol. The average Bonchev–Trinajstić information content (AvgIpc) is 3.03. The van der Waals surface area contributed by atoms with Crippen molar-refractivity contribution in [2.75, 3.05) is 7.05 Å². The van der Waals surface area contributed by atoms with E-state index in [1.165, 1.54) is 0 Å². The molecule has 0 aliphatic rings. The summed E-state index contributed by atoms with van der Waals surface area (Å²) in [5, 5.41) is 1.10. The lowest BCUT2D eigenvalue weighted by Crippen LogP contribution is -2.17. The normalized spacial score (nSPS) is 11.1. The van der Waals surface area contributed by atoms with Crippen LogP contribution in [0.2, 0.25) is 10.0 Å². The zero-order chi connectivity index (χ0) is 16.2. The van der Waals surface area contributed by atoms with Crippen molar-refractivity contribution in [3.05, 3.63) is 76.4 Å². The van der Waals surface area contributed by atoms with Crippen LogP contribution in [0, 0.1) is 0 Å². The Bertz CT molecular complexity index is 787. The molecule has 0 saturated carbocycles. The monoisotopic (exact) mass is 346 g/mol. The summed E-state index contributed by atoms with van der Waals surface area (Å²) in [7, 11) is 2.04. The maximum absolute atomic E-state index is 6.30. The van der Waals surface area contributed by atoms with Crippen molar-refractivity contribution in [3.63, 3.8) is 0 Å². The van der Waals surface area contributed by atoms with E-state index in [1.807, 2.05) is 37.5 Å². The van der Waals surface area contributed by atoms with Crippen LogP contribution in [0.15, 0.2) is 59.5 Å². The molecule has 0 bridgehead atoms. The first-order valence-corrected chi connectivity index (χ1v) is 7.98. The van der Waals surface area contributed by atoms with Crippen LogP contribution in [0.1, 0.15) is 11.3 Å². The minimum atomic E-state index is 0.546. The molecule has 3 rings (SSSR count). The van der Waals surface area contributed by atoms with Gasteiger partial charge in [0.1, 0.15) is 5.76 Å². The second-order valence-electron chi connectivity index (χ2n) is 5.43. The van der Waals surface area contributed by atoms with E-state index in [0.29, 0.717) is 10.0 Å². The Balaban J connectivity index is 1.78. The van der Waals surface area contributed by atoms with Gasteiger partial charge < -0.3 is 4.42 Å². The van der Waals surface area contributed by atoms with Gasteiger partial charge >= 0.3 is 0 Å². The molecular formula is C18H16Cl2N2O. The van der Waals surface area contributed by atoms with Crippen molar-refractivity contribution in [1.29, 1.82) is 0 Å². The van der Waals surface area contributed by atoms with Crippen LogP contribution < -0.4 is 0 Å². The Morgan fingerprint density at radius 2 is 1.96 bits per heavy atom. The lowest BCUT2D eigenvalue weighted by Gasteiger charge is -2.15. The molecule has 0 saturated heterocycles. The quantitative estimate of drug-likeness (QED) is 0.629.